The fourth-order valence-corrected chi connectivity index (χ4v) is 4.24. The number of benzene rings is 3. The summed E-state index contributed by atoms with van der Waals surface area (Å²) in [5.41, 5.74) is 3.10. The number of pyridine rings is 1. The van der Waals surface area contributed by atoms with Crippen LogP contribution in [0.5, 0.6) is 0 Å². The lowest BCUT2D eigenvalue weighted by atomic mass is 10.2. The van der Waals surface area contributed by atoms with Gasteiger partial charge in [0, 0.05) is 22.8 Å². The summed E-state index contributed by atoms with van der Waals surface area (Å²) in [7, 11) is 0. The first-order valence-electron chi connectivity index (χ1n) is 10.2. The molecule has 8 heteroatoms. The van der Waals surface area contributed by atoms with E-state index in [2.05, 4.69) is 20.5 Å². The highest BCUT2D eigenvalue weighted by Crippen LogP contribution is 2.28. The lowest BCUT2D eigenvalue weighted by Crippen LogP contribution is -2.15. The van der Waals surface area contributed by atoms with E-state index in [9.17, 15) is 9.18 Å². The topological polar surface area (TPSA) is 72.7 Å². The molecule has 0 saturated heterocycles. The molecule has 0 fully saturated rings. The van der Waals surface area contributed by atoms with Crippen LogP contribution in [-0.2, 0) is 4.79 Å². The summed E-state index contributed by atoms with van der Waals surface area (Å²) in [5.74, 6) is 0.243. The Balaban J connectivity index is 1.41. The zero-order valence-electron chi connectivity index (χ0n) is 17.4. The first-order valence-corrected chi connectivity index (χ1v) is 11.2. The number of nitrogens with zero attached hydrogens (tertiary/aromatic N) is 4. The van der Waals surface area contributed by atoms with Crippen molar-refractivity contribution in [2.24, 2.45) is 0 Å². The number of rotatable bonds is 6. The van der Waals surface area contributed by atoms with Crippen molar-refractivity contribution < 1.29 is 9.18 Å². The highest BCUT2D eigenvalue weighted by Gasteiger charge is 2.17. The SMILES string of the molecule is O=C(CSc1nnc(-c2ccccc2)n1-c1ccc(F)cc1)Nc1cccc2ncccc12. The molecule has 2 aromatic heterocycles. The molecule has 2 heterocycles. The maximum Gasteiger partial charge on any atom is 0.234 e. The predicted molar refractivity (Wildman–Crippen MR) is 128 cm³/mol. The molecular weight excluding hydrogens is 437 g/mol. The number of aromatic nitrogens is 4. The molecule has 0 bridgehead atoms. The Hall–Kier alpha value is -4.04. The first-order chi connectivity index (χ1) is 16.2. The van der Waals surface area contributed by atoms with E-state index in [-0.39, 0.29) is 17.5 Å². The zero-order valence-corrected chi connectivity index (χ0v) is 18.2. The fourth-order valence-electron chi connectivity index (χ4n) is 3.49. The number of hydrogen-bond acceptors (Lipinski definition) is 5. The van der Waals surface area contributed by atoms with Gasteiger partial charge in [0.15, 0.2) is 11.0 Å². The largest absolute Gasteiger partial charge is 0.325 e. The third-order valence-electron chi connectivity index (χ3n) is 5.00. The van der Waals surface area contributed by atoms with E-state index in [4.69, 9.17) is 0 Å². The van der Waals surface area contributed by atoms with Crippen molar-refractivity contribution in [3.63, 3.8) is 0 Å². The summed E-state index contributed by atoms with van der Waals surface area (Å²) >= 11 is 1.26. The number of halogens is 1. The molecule has 0 aliphatic carbocycles. The summed E-state index contributed by atoms with van der Waals surface area (Å²) in [5, 5.41) is 13.0. The number of carbonyl (C=O) groups excluding carboxylic acids is 1. The average Bonchev–Trinajstić information content (AvgIpc) is 3.28. The van der Waals surface area contributed by atoms with Gasteiger partial charge in [-0.1, -0.05) is 48.2 Å². The Morgan fingerprint density at radius 3 is 2.55 bits per heavy atom. The van der Waals surface area contributed by atoms with Crippen molar-refractivity contribution in [2.45, 2.75) is 5.16 Å². The van der Waals surface area contributed by atoms with Crippen LogP contribution in [-0.4, -0.2) is 31.4 Å². The summed E-state index contributed by atoms with van der Waals surface area (Å²) in [4.78, 5) is 17.1. The van der Waals surface area contributed by atoms with Gasteiger partial charge in [0.25, 0.3) is 0 Å². The number of anilines is 1. The van der Waals surface area contributed by atoms with Crippen LogP contribution in [0.2, 0.25) is 0 Å². The van der Waals surface area contributed by atoms with E-state index in [0.717, 1.165) is 16.5 Å². The quantitative estimate of drug-likeness (QED) is 0.349. The molecule has 162 valence electrons. The van der Waals surface area contributed by atoms with Crippen LogP contribution >= 0.6 is 11.8 Å². The molecule has 6 nitrogen and oxygen atoms in total. The van der Waals surface area contributed by atoms with Gasteiger partial charge in [0.05, 0.1) is 17.0 Å². The van der Waals surface area contributed by atoms with Gasteiger partial charge in [0.1, 0.15) is 5.82 Å². The van der Waals surface area contributed by atoms with Gasteiger partial charge >= 0.3 is 0 Å². The smallest absolute Gasteiger partial charge is 0.234 e. The van der Waals surface area contributed by atoms with Crippen molar-refractivity contribution in [1.82, 2.24) is 19.7 Å². The second kappa shape index (κ2) is 9.22. The molecule has 5 rings (SSSR count). The molecule has 3 aromatic carbocycles. The number of fused-ring (bicyclic) bond motifs is 1. The van der Waals surface area contributed by atoms with Crippen LogP contribution in [0.3, 0.4) is 0 Å². The molecule has 0 unspecified atom stereocenters. The van der Waals surface area contributed by atoms with E-state index < -0.39 is 0 Å². The molecule has 1 N–H and O–H groups in total. The Kier molecular flexibility index (Phi) is 5.82. The summed E-state index contributed by atoms with van der Waals surface area (Å²) in [6, 6.07) is 25.1. The highest BCUT2D eigenvalue weighted by molar-refractivity contribution is 7.99. The highest BCUT2D eigenvalue weighted by atomic mass is 32.2. The Bertz CT molecular complexity index is 1410. The second-order valence-electron chi connectivity index (χ2n) is 7.20. The second-order valence-corrected chi connectivity index (χ2v) is 8.14. The van der Waals surface area contributed by atoms with E-state index in [1.54, 1.807) is 18.3 Å². The number of amides is 1. The van der Waals surface area contributed by atoms with Crippen LogP contribution in [0, 0.1) is 5.82 Å². The lowest BCUT2D eigenvalue weighted by molar-refractivity contribution is -0.113. The number of carbonyl (C=O) groups is 1. The molecule has 0 aliphatic heterocycles. The summed E-state index contributed by atoms with van der Waals surface area (Å²) < 4.78 is 15.3. The van der Waals surface area contributed by atoms with Gasteiger partial charge in [0.2, 0.25) is 5.91 Å². The molecule has 0 spiro atoms. The van der Waals surface area contributed by atoms with E-state index in [1.807, 2.05) is 65.2 Å². The monoisotopic (exact) mass is 455 g/mol. The van der Waals surface area contributed by atoms with Gasteiger partial charge in [-0.3, -0.25) is 14.3 Å². The molecular formula is C25H18FN5OS. The van der Waals surface area contributed by atoms with Gasteiger partial charge in [-0.2, -0.15) is 0 Å². The van der Waals surface area contributed by atoms with Gasteiger partial charge in [-0.15, -0.1) is 10.2 Å². The van der Waals surface area contributed by atoms with Crippen molar-refractivity contribution in [1.29, 1.82) is 0 Å². The van der Waals surface area contributed by atoms with Gasteiger partial charge < -0.3 is 5.32 Å². The molecule has 0 atom stereocenters. The van der Waals surface area contributed by atoms with Crippen molar-refractivity contribution in [2.75, 3.05) is 11.1 Å². The van der Waals surface area contributed by atoms with Crippen LogP contribution < -0.4 is 5.32 Å². The Morgan fingerprint density at radius 2 is 1.73 bits per heavy atom. The summed E-state index contributed by atoms with van der Waals surface area (Å²) in [6.07, 6.45) is 1.72. The third kappa shape index (κ3) is 4.47. The standard InChI is InChI=1S/C25H18FN5OS/c26-18-11-13-19(14-12-18)31-24(17-6-2-1-3-7-17)29-30-25(31)33-16-23(32)28-22-10-4-9-21-20(22)8-5-15-27-21/h1-15H,16H2,(H,28,32). The van der Waals surface area contributed by atoms with E-state index in [0.29, 0.717) is 22.4 Å². The number of nitrogens with one attached hydrogen (secondary N) is 1. The van der Waals surface area contributed by atoms with Crippen LogP contribution in [0.4, 0.5) is 10.1 Å². The van der Waals surface area contributed by atoms with Gasteiger partial charge in [-0.05, 0) is 48.5 Å². The third-order valence-corrected chi connectivity index (χ3v) is 5.93. The maximum absolute atomic E-state index is 13.5. The van der Waals surface area contributed by atoms with Crippen LogP contribution in [0.1, 0.15) is 0 Å². The minimum Gasteiger partial charge on any atom is -0.325 e. The molecule has 33 heavy (non-hydrogen) atoms. The normalized spacial score (nSPS) is 10.9. The van der Waals surface area contributed by atoms with Crippen molar-refractivity contribution in [3.8, 4) is 17.1 Å². The zero-order chi connectivity index (χ0) is 22.6. The molecule has 1 amide bonds. The molecule has 0 aliphatic rings. The van der Waals surface area contributed by atoms with Crippen molar-refractivity contribution in [3.05, 3.63) is 96.9 Å². The number of thioether (sulfide) groups is 1. The fraction of sp³-hybridized carbons (Fsp3) is 0.0400. The van der Waals surface area contributed by atoms with E-state index >= 15 is 0 Å². The number of hydrogen-bond donors (Lipinski definition) is 1. The maximum atomic E-state index is 13.5. The predicted octanol–water partition coefficient (Wildman–Crippen LogP) is 5.35. The Labute approximate surface area is 193 Å². The molecule has 0 radical (unpaired) electrons. The Morgan fingerprint density at radius 1 is 0.909 bits per heavy atom. The van der Waals surface area contributed by atoms with Gasteiger partial charge in [-0.25, -0.2) is 4.39 Å². The van der Waals surface area contributed by atoms with Crippen LogP contribution in [0.15, 0.2) is 96.3 Å². The molecule has 0 saturated carbocycles. The van der Waals surface area contributed by atoms with Crippen molar-refractivity contribution >= 4 is 34.3 Å². The minimum absolute atomic E-state index is 0.130. The minimum atomic E-state index is -0.328. The first kappa shape index (κ1) is 20.8. The van der Waals surface area contributed by atoms with Crippen LogP contribution in [0.25, 0.3) is 28.0 Å². The molecule has 5 aromatic rings. The summed E-state index contributed by atoms with van der Waals surface area (Å²) in [6.45, 7) is 0. The lowest BCUT2D eigenvalue weighted by Gasteiger charge is -2.11. The van der Waals surface area contributed by atoms with E-state index in [1.165, 1.54) is 23.9 Å². The average molecular weight is 456 g/mol.